The number of Topliss-reactive ketones (excluding diaryl/α,β-unsaturated/α-hetero) is 1. The average molecular weight is 430 g/mol. The minimum atomic E-state index is -3.82. The molecular formula is C23H27NO5S. The van der Waals surface area contributed by atoms with Crippen LogP contribution < -0.4 is 4.72 Å². The summed E-state index contributed by atoms with van der Waals surface area (Å²) in [5.74, 6) is -1.19. The van der Waals surface area contributed by atoms with E-state index in [2.05, 4.69) is 25.5 Å². The first kappa shape index (κ1) is 23.5. The first-order valence-electron chi connectivity index (χ1n) is 9.55. The fourth-order valence-corrected chi connectivity index (χ4v) is 3.35. The molecule has 1 atom stereocenters. The first-order chi connectivity index (χ1) is 14.0. The van der Waals surface area contributed by atoms with Crippen molar-refractivity contribution in [3.8, 4) is 0 Å². The molecule has 0 unspecified atom stereocenters. The van der Waals surface area contributed by atoms with Crippen LogP contribution in [-0.2, 0) is 25.0 Å². The molecule has 0 spiro atoms. The molecule has 0 bridgehead atoms. The molecule has 0 heterocycles. The molecule has 1 N–H and O–H groups in total. The smallest absolute Gasteiger partial charge is 0.321 e. The fraction of sp³-hybridized carbons (Fsp3) is 0.304. The van der Waals surface area contributed by atoms with Gasteiger partial charge >= 0.3 is 5.97 Å². The Morgan fingerprint density at radius 1 is 1.03 bits per heavy atom. The van der Waals surface area contributed by atoms with E-state index < -0.39 is 28.6 Å². The number of carbonyl (C=O) groups excluding carboxylic acids is 2. The van der Waals surface area contributed by atoms with Gasteiger partial charge in [-0.2, -0.15) is 0 Å². The fourth-order valence-electron chi connectivity index (χ4n) is 2.60. The molecule has 30 heavy (non-hydrogen) atoms. The van der Waals surface area contributed by atoms with Gasteiger partial charge in [0.15, 0.2) is 6.10 Å². The molecule has 2 rings (SSSR count). The predicted molar refractivity (Wildman–Crippen MR) is 117 cm³/mol. The molecule has 0 aromatic heterocycles. The van der Waals surface area contributed by atoms with Crippen LogP contribution in [0.5, 0.6) is 0 Å². The van der Waals surface area contributed by atoms with E-state index in [-0.39, 0.29) is 11.2 Å². The lowest BCUT2D eigenvalue weighted by molar-refractivity contribution is -0.144. The highest BCUT2D eigenvalue weighted by molar-refractivity contribution is 7.92. The lowest BCUT2D eigenvalue weighted by Gasteiger charge is -2.19. The van der Waals surface area contributed by atoms with Gasteiger partial charge in [-0.3, -0.25) is 9.59 Å². The molecular weight excluding hydrogens is 402 g/mol. The third kappa shape index (κ3) is 7.24. The van der Waals surface area contributed by atoms with Crippen LogP contribution in [-0.4, -0.2) is 32.8 Å². The number of nitrogens with one attached hydrogen (secondary N) is 1. The predicted octanol–water partition coefficient (Wildman–Crippen LogP) is 3.69. The first-order valence-corrected chi connectivity index (χ1v) is 11.1. The summed E-state index contributed by atoms with van der Waals surface area (Å²) < 4.78 is 31.2. The molecule has 0 radical (unpaired) electrons. The minimum Gasteiger partial charge on any atom is -0.453 e. The number of sulfonamides is 1. The second-order valence-corrected chi connectivity index (χ2v) is 9.55. The van der Waals surface area contributed by atoms with Crippen molar-refractivity contribution >= 4 is 27.9 Å². The van der Waals surface area contributed by atoms with E-state index in [0.29, 0.717) is 11.1 Å². The number of esters is 1. The van der Waals surface area contributed by atoms with Crippen LogP contribution in [0.3, 0.4) is 0 Å². The number of ketones is 1. The highest BCUT2D eigenvalue weighted by atomic mass is 32.2. The van der Waals surface area contributed by atoms with Gasteiger partial charge in [0.25, 0.3) is 0 Å². The van der Waals surface area contributed by atoms with Crippen LogP contribution in [0.15, 0.2) is 60.0 Å². The van der Waals surface area contributed by atoms with Crippen LogP contribution in [0.2, 0.25) is 0 Å². The number of benzene rings is 2. The quantitative estimate of drug-likeness (QED) is 0.511. The lowest BCUT2D eigenvalue weighted by atomic mass is 9.86. The molecule has 0 aliphatic heterocycles. The van der Waals surface area contributed by atoms with Gasteiger partial charge in [-0.05, 0) is 29.5 Å². The zero-order chi connectivity index (χ0) is 22.4. The number of hydrogen-bond acceptors (Lipinski definition) is 5. The van der Waals surface area contributed by atoms with Crippen LogP contribution in [0.4, 0.5) is 0 Å². The molecule has 6 nitrogen and oxygen atoms in total. The molecule has 0 saturated carbocycles. The second-order valence-electron chi connectivity index (χ2n) is 7.90. The molecule has 0 fully saturated rings. The maximum Gasteiger partial charge on any atom is 0.321 e. The summed E-state index contributed by atoms with van der Waals surface area (Å²) in [6, 6.07) is 16.0. The molecule has 160 valence electrons. The molecule has 0 saturated heterocycles. The van der Waals surface area contributed by atoms with Crippen LogP contribution in [0.25, 0.3) is 6.08 Å². The number of carbonyl (C=O) groups is 2. The normalized spacial score (nSPS) is 13.2. The van der Waals surface area contributed by atoms with Crippen molar-refractivity contribution in [2.24, 2.45) is 0 Å². The Labute approximate surface area is 178 Å². The van der Waals surface area contributed by atoms with Crippen molar-refractivity contribution < 1.29 is 22.7 Å². The number of ether oxygens (including phenoxy) is 1. The summed E-state index contributed by atoms with van der Waals surface area (Å²) in [7, 11) is -3.82. The van der Waals surface area contributed by atoms with Gasteiger partial charge in [-0.25, -0.2) is 13.1 Å². The average Bonchev–Trinajstić information content (AvgIpc) is 2.70. The lowest BCUT2D eigenvalue weighted by Crippen LogP contribution is -2.33. The largest absolute Gasteiger partial charge is 0.453 e. The SMILES string of the molecule is C[C@@H](OC(=O)CNS(=O)(=O)/C=C/c1ccccc1)C(=O)c1ccc(C(C)(C)C)cc1. The third-order valence-corrected chi connectivity index (χ3v) is 5.41. The summed E-state index contributed by atoms with van der Waals surface area (Å²) in [5, 5.41) is 0.973. The Balaban J connectivity index is 1.89. The Hall–Kier alpha value is -2.77. The highest BCUT2D eigenvalue weighted by Gasteiger charge is 2.21. The Kier molecular flexibility index (Phi) is 7.70. The van der Waals surface area contributed by atoms with Gasteiger partial charge < -0.3 is 4.74 Å². The van der Waals surface area contributed by atoms with Crippen LogP contribution in [0.1, 0.15) is 49.2 Å². The van der Waals surface area contributed by atoms with Gasteiger partial charge in [-0.1, -0.05) is 75.4 Å². The van der Waals surface area contributed by atoms with E-state index >= 15 is 0 Å². The van der Waals surface area contributed by atoms with Crippen molar-refractivity contribution in [1.82, 2.24) is 4.72 Å². The van der Waals surface area contributed by atoms with E-state index in [1.165, 1.54) is 13.0 Å². The van der Waals surface area contributed by atoms with E-state index in [4.69, 9.17) is 4.74 Å². The maximum absolute atomic E-state index is 12.5. The zero-order valence-electron chi connectivity index (χ0n) is 17.6. The number of rotatable bonds is 8. The Morgan fingerprint density at radius 2 is 1.63 bits per heavy atom. The van der Waals surface area contributed by atoms with E-state index in [1.54, 1.807) is 36.4 Å². The molecule has 0 aliphatic rings. The summed E-state index contributed by atoms with van der Waals surface area (Å²) in [6.07, 6.45) is 0.392. The molecule has 0 aliphatic carbocycles. The standard InChI is InChI=1S/C23H27NO5S/c1-17(22(26)19-10-12-20(13-11-19)23(2,3)4)29-21(25)16-24-30(27,28)15-14-18-8-6-5-7-9-18/h5-15,17,24H,16H2,1-4H3/b15-14+/t17-/m1/s1. The molecule has 7 heteroatoms. The van der Waals surface area contributed by atoms with E-state index in [9.17, 15) is 18.0 Å². The van der Waals surface area contributed by atoms with Gasteiger partial charge in [-0.15, -0.1) is 0 Å². The minimum absolute atomic E-state index is 0.0359. The van der Waals surface area contributed by atoms with Crippen molar-refractivity contribution in [3.63, 3.8) is 0 Å². The number of hydrogen-bond donors (Lipinski definition) is 1. The van der Waals surface area contributed by atoms with Crippen molar-refractivity contribution in [1.29, 1.82) is 0 Å². The Bertz CT molecular complexity index is 1000. The van der Waals surface area contributed by atoms with Gasteiger partial charge in [0.05, 0.1) is 0 Å². The van der Waals surface area contributed by atoms with Crippen molar-refractivity contribution in [2.45, 2.75) is 39.2 Å². The summed E-state index contributed by atoms with van der Waals surface area (Å²) in [5.41, 5.74) is 2.18. The van der Waals surface area contributed by atoms with Crippen molar-refractivity contribution in [2.75, 3.05) is 6.54 Å². The summed E-state index contributed by atoms with van der Waals surface area (Å²) >= 11 is 0. The van der Waals surface area contributed by atoms with Gasteiger partial charge in [0.2, 0.25) is 15.8 Å². The van der Waals surface area contributed by atoms with Gasteiger partial charge in [0.1, 0.15) is 6.54 Å². The Morgan fingerprint density at radius 3 is 2.20 bits per heavy atom. The highest BCUT2D eigenvalue weighted by Crippen LogP contribution is 2.22. The van der Waals surface area contributed by atoms with Crippen molar-refractivity contribution in [3.05, 3.63) is 76.7 Å². The third-order valence-electron chi connectivity index (χ3n) is 4.37. The van der Waals surface area contributed by atoms with E-state index in [0.717, 1.165) is 11.0 Å². The zero-order valence-corrected chi connectivity index (χ0v) is 18.4. The van der Waals surface area contributed by atoms with E-state index in [1.807, 2.05) is 18.2 Å². The van der Waals surface area contributed by atoms with Crippen LogP contribution >= 0.6 is 0 Å². The monoisotopic (exact) mass is 429 g/mol. The molecule has 0 amide bonds. The summed E-state index contributed by atoms with van der Waals surface area (Å²) in [4.78, 5) is 24.4. The summed E-state index contributed by atoms with van der Waals surface area (Å²) in [6.45, 7) is 7.11. The van der Waals surface area contributed by atoms with Gasteiger partial charge in [0, 0.05) is 11.0 Å². The molecule has 2 aromatic carbocycles. The maximum atomic E-state index is 12.5. The second kappa shape index (κ2) is 9.82. The molecule has 2 aromatic rings. The van der Waals surface area contributed by atoms with Crippen LogP contribution in [0, 0.1) is 0 Å². The topological polar surface area (TPSA) is 89.5 Å².